The van der Waals surface area contributed by atoms with E-state index in [9.17, 15) is 0 Å². The Kier molecular flexibility index (Phi) is 3.58. The van der Waals surface area contributed by atoms with Gasteiger partial charge in [0.05, 0.1) is 11.0 Å². The summed E-state index contributed by atoms with van der Waals surface area (Å²) in [5, 5.41) is 0.745. The molecule has 0 saturated heterocycles. The minimum atomic E-state index is 0.745. The zero-order valence-corrected chi connectivity index (χ0v) is 11.9. The standard InChI is InChI=1S/C15H18ClN3/c1-2-7-19-8-5-11(6-9-19)15-17-13-4-3-12(16)10-14(13)18-15/h3-5,10H,2,6-9H2,1H3,(H,17,18). The minimum absolute atomic E-state index is 0.745. The van der Waals surface area contributed by atoms with Crippen LogP contribution in [0.4, 0.5) is 0 Å². The molecule has 2 aromatic rings. The van der Waals surface area contributed by atoms with E-state index in [1.54, 1.807) is 0 Å². The molecule has 19 heavy (non-hydrogen) atoms. The lowest BCUT2D eigenvalue weighted by atomic mass is 10.1. The van der Waals surface area contributed by atoms with Gasteiger partial charge >= 0.3 is 0 Å². The van der Waals surface area contributed by atoms with E-state index in [1.807, 2.05) is 18.2 Å². The third-order valence-electron chi connectivity index (χ3n) is 3.58. The lowest BCUT2D eigenvalue weighted by Gasteiger charge is -2.24. The van der Waals surface area contributed by atoms with Gasteiger partial charge in [0.1, 0.15) is 5.82 Å². The summed E-state index contributed by atoms with van der Waals surface area (Å²) in [6.45, 7) is 5.56. The van der Waals surface area contributed by atoms with Crippen LogP contribution >= 0.6 is 11.6 Å². The Labute approximate surface area is 118 Å². The molecule has 0 bridgehead atoms. The summed E-state index contributed by atoms with van der Waals surface area (Å²) in [6.07, 6.45) is 4.57. The van der Waals surface area contributed by atoms with Crippen molar-refractivity contribution >= 4 is 28.2 Å². The number of H-pyrrole nitrogens is 1. The third kappa shape index (κ3) is 2.67. The average molecular weight is 276 g/mol. The quantitative estimate of drug-likeness (QED) is 0.926. The Morgan fingerprint density at radius 2 is 2.32 bits per heavy atom. The van der Waals surface area contributed by atoms with Crippen molar-refractivity contribution in [3.05, 3.63) is 35.1 Å². The first-order valence-electron chi connectivity index (χ1n) is 6.83. The Morgan fingerprint density at radius 3 is 3.05 bits per heavy atom. The van der Waals surface area contributed by atoms with Crippen LogP contribution in [0.15, 0.2) is 24.3 Å². The number of benzene rings is 1. The van der Waals surface area contributed by atoms with Crippen LogP contribution in [0, 0.1) is 0 Å². The van der Waals surface area contributed by atoms with Gasteiger partial charge in [-0.3, -0.25) is 4.90 Å². The second kappa shape index (κ2) is 5.35. The molecule has 0 amide bonds. The first-order chi connectivity index (χ1) is 9.26. The van der Waals surface area contributed by atoms with E-state index in [0.29, 0.717) is 0 Å². The molecule has 2 heterocycles. The maximum Gasteiger partial charge on any atom is 0.134 e. The molecule has 1 N–H and O–H groups in total. The van der Waals surface area contributed by atoms with Gasteiger partial charge in [-0.05, 0) is 43.2 Å². The Balaban J connectivity index is 1.85. The highest BCUT2D eigenvalue weighted by Gasteiger charge is 2.14. The Hall–Kier alpha value is -1.32. The van der Waals surface area contributed by atoms with E-state index in [0.717, 1.165) is 41.4 Å². The highest BCUT2D eigenvalue weighted by Crippen LogP contribution is 2.24. The van der Waals surface area contributed by atoms with Gasteiger partial charge in [0.2, 0.25) is 0 Å². The third-order valence-corrected chi connectivity index (χ3v) is 3.82. The second-order valence-corrected chi connectivity index (χ2v) is 5.46. The number of rotatable bonds is 3. The maximum absolute atomic E-state index is 6.00. The number of nitrogens with one attached hydrogen (secondary N) is 1. The molecule has 0 atom stereocenters. The lowest BCUT2D eigenvalue weighted by molar-refractivity contribution is 0.302. The fraction of sp³-hybridized carbons (Fsp3) is 0.400. The SMILES string of the molecule is CCCN1CC=C(c2nc3ccc(Cl)cc3[nH]2)CC1. The number of imidazole rings is 1. The summed E-state index contributed by atoms with van der Waals surface area (Å²) >= 11 is 6.00. The molecule has 1 aromatic carbocycles. The molecule has 0 fully saturated rings. The molecule has 0 spiro atoms. The average Bonchev–Trinajstić information content (AvgIpc) is 2.83. The van der Waals surface area contributed by atoms with E-state index in [2.05, 4.69) is 27.9 Å². The van der Waals surface area contributed by atoms with Crippen LogP contribution < -0.4 is 0 Å². The van der Waals surface area contributed by atoms with Crippen LogP contribution in [0.5, 0.6) is 0 Å². The molecule has 100 valence electrons. The molecule has 4 heteroatoms. The van der Waals surface area contributed by atoms with Crippen molar-refractivity contribution < 1.29 is 0 Å². The van der Waals surface area contributed by atoms with E-state index < -0.39 is 0 Å². The zero-order chi connectivity index (χ0) is 13.2. The van der Waals surface area contributed by atoms with E-state index in [1.165, 1.54) is 18.5 Å². The van der Waals surface area contributed by atoms with Crippen LogP contribution in [0.25, 0.3) is 16.6 Å². The normalized spacial score (nSPS) is 16.8. The van der Waals surface area contributed by atoms with Crippen LogP contribution in [0.2, 0.25) is 5.02 Å². The summed E-state index contributed by atoms with van der Waals surface area (Å²) in [5.74, 6) is 0.994. The van der Waals surface area contributed by atoms with Gasteiger partial charge in [-0.2, -0.15) is 0 Å². The number of halogens is 1. The fourth-order valence-corrected chi connectivity index (χ4v) is 2.75. The van der Waals surface area contributed by atoms with E-state index >= 15 is 0 Å². The van der Waals surface area contributed by atoms with Gasteiger partial charge in [0, 0.05) is 18.1 Å². The van der Waals surface area contributed by atoms with Crippen molar-refractivity contribution in [2.24, 2.45) is 0 Å². The van der Waals surface area contributed by atoms with E-state index in [-0.39, 0.29) is 0 Å². The molecule has 0 unspecified atom stereocenters. The number of aromatic amines is 1. The second-order valence-electron chi connectivity index (χ2n) is 5.03. The lowest BCUT2D eigenvalue weighted by Crippen LogP contribution is -2.29. The molecular weight excluding hydrogens is 258 g/mol. The van der Waals surface area contributed by atoms with Gasteiger partial charge in [0.15, 0.2) is 0 Å². The predicted molar refractivity (Wildman–Crippen MR) is 80.4 cm³/mol. The molecule has 3 nitrogen and oxygen atoms in total. The number of hydrogen-bond acceptors (Lipinski definition) is 2. The number of fused-ring (bicyclic) bond motifs is 1. The van der Waals surface area contributed by atoms with Gasteiger partial charge < -0.3 is 4.98 Å². The fourth-order valence-electron chi connectivity index (χ4n) is 2.58. The molecule has 3 rings (SSSR count). The Bertz CT molecular complexity index is 615. The monoisotopic (exact) mass is 275 g/mol. The van der Waals surface area contributed by atoms with Crippen LogP contribution in [0.1, 0.15) is 25.6 Å². The van der Waals surface area contributed by atoms with Crippen molar-refractivity contribution in [1.82, 2.24) is 14.9 Å². The van der Waals surface area contributed by atoms with Crippen LogP contribution in [-0.4, -0.2) is 34.5 Å². The number of aromatic nitrogens is 2. The Morgan fingerprint density at radius 1 is 1.42 bits per heavy atom. The van der Waals surface area contributed by atoms with Gasteiger partial charge in [-0.25, -0.2) is 4.98 Å². The molecule has 0 aliphatic carbocycles. The van der Waals surface area contributed by atoms with Crippen LogP contribution in [-0.2, 0) is 0 Å². The zero-order valence-electron chi connectivity index (χ0n) is 11.1. The summed E-state index contributed by atoms with van der Waals surface area (Å²) in [6, 6.07) is 5.78. The topological polar surface area (TPSA) is 31.9 Å². The summed E-state index contributed by atoms with van der Waals surface area (Å²) in [7, 11) is 0. The minimum Gasteiger partial charge on any atom is -0.338 e. The van der Waals surface area contributed by atoms with Crippen molar-refractivity contribution in [2.45, 2.75) is 19.8 Å². The van der Waals surface area contributed by atoms with Gasteiger partial charge in [-0.1, -0.05) is 24.6 Å². The summed E-state index contributed by atoms with van der Waals surface area (Å²) < 4.78 is 0. The smallest absolute Gasteiger partial charge is 0.134 e. The largest absolute Gasteiger partial charge is 0.338 e. The first kappa shape index (κ1) is 12.7. The highest BCUT2D eigenvalue weighted by molar-refractivity contribution is 6.31. The molecule has 1 aromatic heterocycles. The number of hydrogen-bond donors (Lipinski definition) is 1. The summed E-state index contributed by atoms with van der Waals surface area (Å²) in [5.41, 5.74) is 3.32. The van der Waals surface area contributed by atoms with Crippen molar-refractivity contribution in [2.75, 3.05) is 19.6 Å². The summed E-state index contributed by atoms with van der Waals surface area (Å²) in [4.78, 5) is 10.5. The van der Waals surface area contributed by atoms with Gasteiger partial charge in [0.25, 0.3) is 0 Å². The molecule has 1 aliphatic heterocycles. The maximum atomic E-state index is 6.00. The molecule has 0 saturated carbocycles. The van der Waals surface area contributed by atoms with Crippen molar-refractivity contribution in [3.8, 4) is 0 Å². The van der Waals surface area contributed by atoms with Crippen LogP contribution in [0.3, 0.4) is 0 Å². The first-order valence-corrected chi connectivity index (χ1v) is 7.21. The van der Waals surface area contributed by atoms with Gasteiger partial charge in [-0.15, -0.1) is 0 Å². The molecule has 1 aliphatic rings. The molecule has 0 radical (unpaired) electrons. The molecular formula is C15H18ClN3. The van der Waals surface area contributed by atoms with Crippen molar-refractivity contribution in [3.63, 3.8) is 0 Å². The van der Waals surface area contributed by atoms with Crippen molar-refractivity contribution in [1.29, 1.82) is 0 Å². The van der Waals surface area contributed by atoms with E-state index in [4.69, 9.17) is 11.6 Å². The highest BCUT2D eigenvalue weighted by atomic mass is 35.5. The number of nitrogens with zero attached hydrogens (tertiary/aromatic N) is 2. The predicted octanol–water partition coefficient (Wildman–Crippen LogP) is 3.72.